The van der Waals surface area contributed by atoms with Gasteiger partial charge in [0, 0.05) is 37.3 Å². The van der Waals surface area contributed by atoms with Gasteiger partial charge in [-0.05, 0) is 13.3 Å². The summed E-state index contributed by atoms with van der Waals surface area (Å²) in [5, 5.41) is 3.16. The van der Waals surface area contributed by atoms with Crippen LogP contribution < -0.4 is 5.32 Å². The van der Waals surface area contributed by atoms with Crippen molar-refractivity contribution < 1.29 is 0 Å². The molecule has 0 aromatic carbocycles. The second-order valence-corrected chi connectivity index (χ2v) is 5.25. The van der Waals surface area contributed by atoms with E-state index in [1.807, 2.05) is 26.4 Å². The minimum Gasteiger partial charge on any atom is -0.373 e. The molecule has 0 amide bonds. The average molecular weight is 273 g/mol. The van der Waals surface area contributed by atoms with Crippen LogP contribution in [0.3, 0.4) is 0 Å². The highest BCUT2D eigenvalue weighted by Gasteiger charge is 2.15. The van der Waals surface area contributed by atoms with Crippen LogP contribution >= 0.6 is 0 Å². The van der Waals surface area contributed by atoms with Crippen LogP contribution in [0.1, 0.15) is 50.3 Å². The molecule has 0 aliphatic carbocycles. The van der Waals surface area contributed by atoms with Gasteiger partial charge in [0.15, 0.2) is 0 Å². The average Bonchev–Trinajstić information content (AvgIpc) is 2.87. The summed E-state index contributed by atoms with van der Waals surface area (Å²) in [6, 6.07) is 0. The maximum atomic E-state index is 4.74. The van der Waals surface area contributed by atoms with Gasteiger partial charge in [-0.15, -0.1) is 0 Å². The van der Waals surface area contributed by atoms with Crippen LogP contribution in [0.4, 0.5) is 5.82 Å². The molecule has 0 unspecified atom stereocenters. The van der Waals surface area contributed by atoms with E-state index in [9.17, 15) is 0 Å². The lowest BCUT2D eigenvalue weighted by molar-refractivity contribution is 0.742. The topological polar surface area (TPSA) is 55.6 Å². The summed E-state index contributed by atoms with van der Waals surface area (Å²) in [6.07, 6.45) is 5.82. The minimum absolute atomic E-state index is 0.291. The Labute approximate surface area is 120 Å². The first-order valence-electron chi connectivity index (χ1n) is 7.17. The van der Waals surface area contributed by atoms with Crippen molar-refractivity contribution in [2.24, 2.45) is 0 Å². The standard InChI is InChI=1S/C15H23N5/c1-6-7-12-17-8-9-20(12)15-11(4)14(16-5)18-13(19-15)10(2)3/h8-10H,6-7H2,1-5H3,(H,16,18,19). The predicted molar refractivity (Wildman–Crippen MR) is 81.5 cm³/mol. The number of hydrogen-bond acceptors (Lipinski definition) is 4. The fourth-order valence-electron chi connectivity index (χ4n) is 2.19. The molecule has 0 fully saturated rings. The van der Waals surface area contributed by atoms with Crippen LogP contribution in [0.2, 0.25) is 0 Å². The van der Waals surface area contributed by atoms with Crippen molar-refractivity contribution in [3.63, 3.8) is 0 Å². The van der Waals surface area contributed by atoms with Crippen molar-refractivity contribution in [3.8, 4) is 5.82 Å². The Balaban J connectivity index is 2.59. The second kappa shape index (κ2) is 6.03. The van der Waals surface area contributed by atoms with Crippen LogP contribution in [-0.2, 0) is 6.42 Å². The van der Waals surface area contributed by atoms with Gasteiger partial charge >= 0.3 is 0 Å². The van der Waals surface area contributed by atoms with Crippen LogP contribution in [0, 0.1) is 6.92 Å². The molecule has 0 atom stereocenters. The lowest BCUT2D eigenvalue weighted by Gasteiger charge is -2.15. The Morgan fingerprint density at radius 3 is 2.65 bits per heavy atom. The molecule has 2 aromatic heterocycles. The maximum Gasteiger partial charge on any atom is 0.146 e. The lowest BCUT2D eigenvalue weighted by atomic mass is 10.2. The Kier molecular flexibility index (Phi) is 4.37. The van der Waals surface area contributed by atoms with Gasteiger partial charge in [0.1, 0.15) is 23.3 Å². The van der Waals surface area contributed by atoms with Crippen molar-refractivity contribution in [1.29, 1.82) is 0 Å². The van der Waals surface area contributed by atoms with E-state index in [1.165, 1.54) is 0 Å². The largest absolute Gasteiger partial charge is 0.373 e. The Bertz CT molecular complexity index is 586. The van der Waals surface area contributed by atoms with Crippen LogP contribution in [-0.4, -0.2) is 26.6 Å². The summed E-state index contributed by atoms with van der Waals surface area (Å²) in [4.78, 5) is 13.8. The Morgan fingerprint density at radius 2 is 2.05 bits per heavy atom. The Morgan fingerprint density at radius 1 is 1.30 bits per heavy atom. The molecular formula is C15H23N5. The minimum atomic E-state index is 0.291. The van der Waals surface area contributed by atoms with Crippen LogP contribution in [0.5, 0.6) is 0 Å². The molecule has 20 heavy (non-hydrogen) atoms. The summed E-state index contributed by atoms with van der Waals surface area (Å²) >= 11 is 0. The predicted octanol–water partition coefficient (Wildman–Crippen LogP) is 3.09. The monoisotopic (exact) mass is 273 g/mol. The van der Waals surface area contributed by atoms with E-state index in [2.05, 4.69) is 40.6 Å². The first kappa shape index (κ1) is 14.5. The van der Waals surface area contributed by atoms with Gasteiger partial charge in [0.05, 0.1) is 0 Å². The van der Waals surface area contributed by atoms with E-state index in [1.54, 1.807) is 0 Å². The van der Waals surface area contributed by atoms with Crippen LogP contribution in [0.25, 0.3) is 5.82 Å². The van der Waals surface area contributed by atoms with Crippen LogP contribution in [0.15, 0.2) is 12.4 Å². The quantitative estimate of drug-likeness (QED) is 0.909. The third kappa shape index (κ3) is 2.66. The highest BCUT2D eigenvalue weighted by Crippen LogP contribution is 2.23. The fourth-order valence-corrected chi connectivity index (χ4v) is 2.19. The van der Waals surface area contributed by atoms with Crippen molar-refractivity contribution in [2.45, 2.75) is 46.5 Å². The molecular weight excluding hydrogens is 250 g/mol. The smallest absolute Gasteiger partial charge is 0.146 e. The highest BCUT2D eigenvalue weighted by molar-refractivity contribution is 5.52. The van der Waals surface area contributed by atoms with Gasteiger partial charge in [-0.2, -0.15) is 0 Å². The molecule has 5 heteroatoms. The lowest BCUT2D eigenvalue weighted by Crippen LogP contribution is -2.12. The molecule has 0 spiro atoms. The summed E-state index contributed by atoms with van der Waals surface area (Å²) in [5.41, 5.74) is 1.05. The number of nitrogens with one attached hydrogen (secondary N) is 1. The number of anilines is 1. The zero-order chi connectivity index (χ0) is 14.7. The van der Waals surface area contributed by atoms with Gasteiger partial charge in [-0.3, -0.25) is 4.57 Å². The number of aryl methyl sites for hydroxylation is 1. The third-order valence-electron chi connectivity index (χ3n) is 3.31. The zero-order valence-corrected chi connectivity index (χ0v) is 12.9. The molecule has 2 rings (SSSR count). The number of rotatable bonds is 5. The highest BCUT2D eigenvalue weighted by atomic mass is 15.2. The van der Waals surface area contributed by atoms with Gasteiger partial charge < -0.3 is 5.32 Å². The summed E-state index contributed by atoms with van der Waals surface area (Å²) in [5.74, 6) is 4.00. The van der Waals surface area contributed by atoms with Crippen molar-refractivity contribution in [1.82, 2.24) is 19.5 Å². The van der Waals surface area contributed by atoms with Gasteiger partial charge in [0.2, 0.25) is 0 Å². The molecule has 1 N–H and O–H groups in total. The summed E-state index contributed by atoms with van der Waals surface area (Å²) < 4.78 is 2.08. The van der Waals surface area contributed by atoms with Crippen molar-refractivity contribution >= 4 is 5.82 Å². The molecule has 0 aliphatic rings. The number of nitrogens with zero attached hydrogens (tertiary/aromatic N) is 4. The fraction of sp³-hybridized carbons (Fsp3) is 0.533. The molecule has 108 valence electrons. The molecule has 5 nitrogen and oxygen atoms in total. The first-order chi connectivity index (χ1) is 9.58. The van der Waals surface area contributed by atoms with Crippen molar-refractivity contribution in [3.05, 3.63) is 29.6 Å². The molecule has 2 aromatic rings. The maximum absolute atomic E-state index is 4.74. The molecule has 0 aliphatic heterocycles. The second-order valence-electron chi connectivity index (χ2n) is 5.25. The van der Waals surface area contributed by atoms with E-state index in [0.717, 1.165) is 41.7 Å². The number of imidazole rings is 1. The van der Waals surface area contributed by atoms with E-state index in [4.69, 9.17) is 4.98 Å². The van der Waals surface area contributed by atoms with Gasteiger partial charge in [0.25, 0.3) is 0 Å². The number of hydrogen-bond donors (Lipinski definition) is 1. The zero-order valence-electron chi connectivity index (χ0n) is 12.9. The Hall–Kier alpha value is -1.91. The third-order valence-corrected chi connectivity index (χ3v) is 3.31. The van der Waals surface area contributed by atoms with Gasteiger partial charge in [-0.1, -0.05) is 20.8 Å². The molecule has 2 heterocycles. The molecule has 0 bridgehead atoms. The number of aromatic nitrogens is 4. The van der Waals surface area contributed by atoms with E-state index in [0.29, 0.717) is 5.92 Å². The first-order valence-corrected chi connectivity index (χ1v) is 7.17. The SMILES string of the molecule is CCCc1nccn1-c1nc(C(C)C)nc(NC)c1C. The van der Waals surface area contributed by atoms with E-state index >= 15 is 0 Å². The van der Waals surface area contributed by atoms with E-state index in [-0.39, 0.29) is 0 Å². The molecule has 0 saturated heterocycles. The van der Waals surface area contributed by atoms with Gasteiger partial charge in [-0.25, -0.2) is 15.0 Å². The molecule has 0 saturated carbocycles. The molecule has 0 radical (unpaired) electrons. The normalized spacial score (nSPS) is 11.1. The van der Waals surface area contributed by atoms with Crippen molar-refractivity contribution in [2.75, 3.05) is 12.4 Å². The summed E-state index contributed by atoms with van der Waals surface area (Å²) in [7, 11) is 1.89. The summed E-state index contributed by atoms with van der Waals surface area (Å²) in [6.45, 7) is 8.41. The van der Waals surface area contributed by atoms with E-state index < -0.39 is 0 Å².